The molecule has 6 nitrogen and oxygen atoms in total. The van der Waals surface area contributed by atoms with Crippen molar-refractivity contribution in [3.63, 3.8) is 0 Å². The lowest BCUT2D eigenvalue weighted by atomic mass is 10.3. The molecule has 0 aliphatic carbocycles. The summed E-state index contributed by atoms with van der Waals surface area (Å²) in [5.41, 5.74) is 0. The first-order chi connectivity index (χ1) is 11.5. The molecule has 134 valence electrons. The molecule has 0 aliphatic rings. The van der Waals surface area contributed by atoms with Crippen LogP contribution in [0, 0.1) is 5.82 Å². The Morgan fingerprint density at radius 1 is 1.38 bits per heavy atom. The highest BCUT2D eigenvalue weighted by Gasteiger charge is 2.07. The number of nitrogens with one attached hydrogen (secondary N) is 2. The molecule has 1 aromatic carbocycles. The molecule has 7 heteroatoms. The van der Waals surface area contributed by atoms with Crippen LogP contribution in [0.4, 0.5) is 4.39 Å². The van der Waals surface area contributed by atoms with E-state index < -0.39 is 0 Å². The number of esters is 1. The molecule has 1 unspecified atom stereocenters. The summed E-state index contributed by atoms with van der Waals surface area (Å²) in [6.45, 7) is 5.19. The number of benzene rings is 1. The summed E-state index contributed by atoms with van der Waals surface area (Å²) in [4.78, 5) is 15.3. The molecule has 0 saturated carbocycles. The Balaban J connectivity index is 2.24. The van der Waals surface area contributed by atoms with E-state index in [2.05, 4.69) is 15.6 Å². The standard InChI is InChI=1S/C17H26FN3O3/c1-4-23-16(22)9-6-10-20-17(19-3)21-12-13(2)24-15-8-5-7-14(18)11-15/h5,7-8,11,13H,4,6,9-10,12H2,1-3H3,(H2,19,20,21). The van der Waals surface area contributed by atoms with Gasteiger partial charge in [0, 0.05) is 26.1 Å². The first-order valence-electron chi connectivity index (χ1n) is 8.07. The third kappa shape index (κ3) is 8.36. The Labute approximate surface area is 142 Å². The van der Waals surface area contributed by atoms with E-state index in [9.17, 15) is 9.18 Å². The van der Waals surface area contributed by atoms with E-state index in [0.717, 1.165) is 0 Å². The molecule has 0 bridgehead atoms. The van der Waals surface area contributed by atoms with Gasteiger partial charge in [-0.1, -0.05) is 6.07 Å². The average Bonchev–Trinajstić information content (AvgIpc) is 2.54. The molecule has 1 atom stereocenters. The first-order valence-corrected chi connectivity index (χ1v) is 8.07. The highest BCUT2D eigenvalue weighted by Crippen LogP contribution is 2.13. The number of carbonyl (C=O) groups is 1. The lowest BCUT2D eigenvalue weighted by Crippen LogP contribution is -2.42. The average molecular weight is 339 g/mol. The number of hydrogen-bond acceptors (Lipinski definition) is 4. The molecular formula is C17H26FN3O3. The van der Waals surface area contributed by atoms with Crippen molar-refractivity contribution in [3.8, 4) is 5.75 Å². The van der Waals surface area contributed by atoms with E-state index in [0.29, 0.717) is 44.2 Å². The van der Waals surface area contributed by atoms with Crippen molar-refractivity contribution in [2.24, 2.45) is 4.99 Å². The van der Waals surface area contributed by atoms with Crippen LogP contribution < -0.4 is 15.4 Å². The van der Waals surface area contributed by atoms with Crippen molar-refractivity contribution in [2.75, 3.05) is 26.7 Å². The molecule has 1 rings (SSSR count). The predicted molar refractivity (Wildman–Crippen MR) is 91.7 cm³/mol. The molecule has 0 heterocycles. The molecule has 0 aliphatic heterocycles. The molecule has 2 N–H and O–H groups in total. The van der Waals surface area contributed by atoms with Gasteiger partial charge in [-0.25, -0.2) is 4.39 Å². The summed E-state index contributed by atoms with van der Waals surface area (Å²) in [6.07, 6.45) is 0.871. The Morgan fingerprint density at radius 2 is 2.17 bits per heavy atom. The molecule has 0 radical (unpaired) electrons. The lowest BCUT2D eigenvalue weighted by Gasteiger charge is -2.17. The van der Waals surface area contributed by atoms with Crippen LogP contribution in [-0.4, -0.2) is 44.8 Å². The molecule has 24 heavy (non-hydrogen) atoms. The molecule has 0 saturated heterocycles. The van der Waals surface area contributed by atoms with Crippen LogP contribution >= 0.6 is 0 Å². The van der Waals surface area contributed by atoms with Crippen LogP contribution in [-0.2, 0) is 9.53 Å². The summed E-state index contributed by atoms with van der Waals surface area (Å²) in [6, 6.07) is 6.04. The molecule has 0 spiro atoms. The van der Waals surface area contributed by atoms with E-state index in [1.54, 1.807) is 26.1 Å². The van der Waals surface area contributed by atoms with Crippen LogP contribution in [0.3, 0.4) is 0 Å². The van der Waals surface area contributed by atoms with Gasteiger partial charge in [0.2, 0.25) is 0 Å². The second-order valence-corrected chi connectivity index (χ2v) is 5.17. The van der Waals surface area contributed by atoms with Crippen molar-refractivity contribution < 1.29 is 18.7 Å². The van der Waals surface area contributed by atoms with E-state index >= 15 is 0 Å². The SMILES string of the molecule is CCOC(=O)CCCNC(=NC)NCC(C)Oc1cccc(F)c1. The number of guanidine groups is 1. The summed E-state index contributed by atoms with van der Waals surface area (Å²) in [7, 11) is 1.67. The first kappa shape index (κ1) is 19.7. The predicted octanol–water partition coefficient (Wildman–Crippen LogP) is 2.10. The van der Waals surface area contributed by atoms with Gasteiger partial charge in [0.15, 0.2) is 5.96 Å². The fraction of sp³-hybridized carbons (Fsp3) is 0.529. The van der Waals surface area contributed by atoms with Crippen LogP contribution in [0.2, 0.25) is 0 Å². The maximum absolute atomic E-state index is 13.1. The highest BCUT2D eigenvalue weighted by atomic mass is 19.1. The number of halogens is 1. The van der Waals surface area contributed by atoms with Gasteiger partial charge in [0.05, 0.1) is 13.2 Å². The topological polar surface area (TPSA) is 72.0 Å². The number of aliphatic imine (C=N–C) groups is 1. The molecule has 0 amide bonds. The Hall–Kier alpha value is -2.31. The van der Waals surface area contributed by atoms with Gasteiger partial charge in [0.1, 0.15) is 17.7 Å². The molecule has 0 aromatic heterocycles. The fourth-order valence-corrected chi connectivity index (χ4v) is 1.95. The lowest BCUT2D eigenvalue weighted by molar-refractivity contribution is -0.143. The quantitative estimate of drug-likeness (QED) is 0.312. The maximum atomic E-state index is 13.1. The molecule has 1 aromatic rings. The van der Waals surface area contributed by atoms with Crippen molar-refractivity contribution >= 4 is 11.9 Å². The number of hydrogen-bond donors (Lipinski definition) is 2. The van der Waals surface area contributed by atoms with E-state index in [1.807, 2.05) is 6.92 Å². The zero-order valence-electron chi connectivity index (χ0n) is 14.5. The summed E-state index contributed by atoms with van der Waals surface area (Å²) >= 11 is 0. The minimum absolute atomic E-state index is 0.162. The second kappa shape index (κ2) is 11.3. The van der Waals surface area contributed by atoms with Gasteiger partial charge in [-0.2, -0.15) is 0 Å². The van der Waals surface area contributed by atoms with Crippen molar-refractivity contribution in [2.45, 2.75) is 32.8 Å². The summed E-state index contributed by atoms with van der Waals surface area (Å²) in [5, 5.41) is 6.23. The van der Waals surface area contributed by atoms with E-state index in [-0.39, 0.29) is 17.9 Å². The van der Waals surface area contributed by atoms with Gasteiger partial charge >= 0.3 is 5.97 Å². The van der Waals surface area contributed by atoms with Crippen molar-refractivity contribution in [3.05, 3.63) is 30.1 Å². The highest BCUT2D eigenvalue weighted by molar-refractivity contribution is 5.79. The zero-order valence-corrected chi connectivity index (χ0v) is 14.5. The van der Waals surface area contributed by atoms with Gasteiger partial charge in [0.25, 0.3) is 0 Å². The van der Waals surface area contributed by atoms with Crippen LogP contribution in [0.15, 0.2) is 29.3 Å². The van der Waals surface area contributed by atoms with Crippen LogP contribution in [0.5, 0.6) is 5.75 Å². The summed E-state index contributed by atoms with van der Waals surface area (Å²) in [5.74, 6) is 0.585. The second-order valence-electron chi connectivity index (χ2n) is 5.17. The monoisotopic (exact) mass is 339 g/mol. The van der Waals surface area contributed by atoms with E-state index in [4.69, 9.17) is 9.47 Å². The smallest absolute Gasteiger partial charge is 0.305 e. The Kier molecular flexibility index (Phi) is 9.26. The number of carbonyl (C=O) groups excluding carboxylic acids is 1. The fourth-order valence-electron chi connectivity index (χ4n) is 1.95. The third-order valence-corrected chi connectivity index (χ3v) is 3.07. The van der Waals surface area contributed by atoms with Gasteiger partial charge in [-0.15, -0.1) is 0 Å². The zero-order chi connectivity index (χ0) is 17.8. The van der Waals surface area contributed by atoms with Gasteiger partial charge < -0.3 is 20.1 Å². The number of rotatable bonds is 9. The minimum atomic E-state index is -0.327. The normalized spacial score (nSPS) is 12.4. The third-order valence-electron chi connectivity index (χ3n) is 3.07. The Bertz CT molecular complexity index is 538. The van der Waals surface area contributed by atoms with Crippen LogP contribution in [0.1, 0.15) is 26.7 Å². The van der Waals surface area contributed by atoms with Crippen LogP contribution in [0.25, 0.3) is 0 Å². The molecule has 0 fully saturated rings. The maximum Gasteiger partial charge on any atom is 0.305 e. The van der Waals surface area contributed by atoms with E-state index in [1.165, 1.54) is 12.1 Å². The molecular weight excluding hydrogens is 313 g/mol. The van der Waals surface area contributed by atoms with Crippen molar-refractivity contribution in [1.82, 2.24) is 10.6 Å². The minimum Gasteiger partial charge on any atom is -0.489 e. The largest absolute Gasteiger partial charge is 0.489 e. The Morgan fingerprint density at radius 3 is 2.83 bits per heavy atom. The van der Waals surface area contributed by atoms with Gasteiger partial charge in [-0.3, -0.25) is 9.79 Å². The number of nitrogens with zero attached hydrogens (tertiary/aromatic N) is 1. The van der Waals surface area contributed by atoms with Gasteiger partial charge in [-0.05, 0) is 32.4 Å². The summed E-state index contributed by atoms with van der Waals surface area (Å²) < 4.78 is 23.6. The number of ether oxygens (including phenoxy) is 2. The van der Waals surface area contributed by atoms with Crippen molar-refractivity contribution in [1.29, 1.82) is 0 Å².